The monoisotopic (exact) mass is 275 g/mol. The van der Waals surface area contributed by atoms with Crippen molar-refractivity contribution in [1.29, 1.82) is 5.26 Å². The van der Waals surface area contributed by atoms with Crippen molar-refractivity contribution in [3.05, 3.63) is 71.5 Å². The van der Waals surface area contributed by atoms with Crippen molar-refractivity contribution in [3.8, 4) is 6.07 Å². The second-order valence-electron chi connectivity index (χ2n) is 4.93. The molecule has 0 spiro atoms. The zero-order valence-corrected chi connectivity index (χ0v) is 11.5. The Bertz CT molecular complexity index is 858. The van der Waals surface area contributed by atoms with E-state index in [0.29, 0.717) is 5.56 Å². The Hall–Kier alpha value is -2.93. The van der Waals surface area contributed by atoms with Crippen LogP contribution in [0.25, 0.3) is 5.52 Å². The van der Waals surface area contributed by atoms with Crippen molar-refractivity contribution >= 4 is 11.3 Å². The zero-order valence-electron chi connectivity index (χ0n) is 11.5. The first-order valence-corrected chi connectivity index (χ1v) is 6.63. The first-order valence-electron chi connectivity index (χ1n) is 6.63. The van der Waals surface area contributed by atoms with E-state index >= 15 is 0 Å². The lowest BCUT2D eigenvalue weighted by Gasteiger charge is -2.08. The number of rotatable bonds is 3. The Morgan fingerprint density at radius 3 is 2.90 bits per heavy atom. The standard InChI is InChI=1S/C17H13N3O/c1-12-5-4-6-13(9-12)14(10-18)17(21)15-11-19-20-8-3-2-7-16(15)20/h2-9,11,14H,1H3. The molecule has 0 saturated carbocycles. The molecule has 1 unspecified atom stereocenters. The molecule has 3 rings (SSSR count). The zero-order chi connectivity index (χ0) is 14.8. The molecule has 3 aromatic rings. The van der Waals surface area contributed by atoms with Gasteiger partial charge in [-0.1, -0.05) is 35.9 Å². The van der Waals surface area contributed by atoms with Crippen LogP contribution in [-0.2, 0) is 0 Å². The molecule has 0 N–H and O–H groups in total. The number of nitrogens with zero attached hydrogens (tertiary/aromatic N) is 3. The van der Waals surface area contributed by atoms with Crippen LogP contribution < -0.4 is 0 Å². The van der Waals surface area contributed by atoms with Gasteiger partial charge in [-0.05, 0) is 24.6 Å². The Kier molecular flexibility index (Phi) is 3.25. The van der Waals surface area contributed by atoms with Crippen LogP contribution in [0.4, 0.5) is 0 Å². The highest BCUT2D eigenvalue weighted by atomic mass is 16.1. The Morgan fingerprint density at radius 2 is 2.14 bits per heavy atom. The van der Waals surface area contributed by atoms with Gasteiger partial charge in [0, 0.05) is 6.20 Å². The number of pyridine rings is 1. The van der Waals surface area contributed by atoms with E-state index in [1.165, 1.54) is 6.20 Å². The molecule has 4 heteroatoms. The molecule has 0 aliphatic carbocycles. The number of carbonyl (C=O) groups excluding carboxylic acids is 1. The number of hydrogen-bond donors (Lipinski definition) is 0. The molecule has 0 saturated heterocycles. The topological polar surface area (TPSA) is 58.2 Å². The molecular formula is C17H13N3O. The van der Waals surface area contributed by atoms with Crippen LogP contribution in [0.3, 0.4) is 0 Å². The number of benzene rings is 1. The number of fused-ring (bicyclic) bond motifs is 1. The predicted octanol–water partition coefficient (Wildman–Crippen LogP) is 3.13. The minimum atomic E-state index is -0.807. The van der Waals surface area contributed by atoms with Crippen molar-refractivity contribution in [3.63, 3.8) is 0 Å². The van der Waals surface area contributed by atoms with Gasteiger partial charge in [-0.25, -0.2) is 4.52 Å². The molecule has 0 bridgehead atoms. The van der Waals surface area contributed by atoms with Gasteiger partial charge in [0.25, 0.3) is 0 Å². The number of hydrogen-bond acceptors (Lipinski definition) is 3. The molecule has 2 aromatic heterocycles. The summed E-state index contributed by atoms with van der Waals surface area (Å²) < 4.78 is 1.64. The second-order valence-corrected chi connectivity index (χ2v) is 4.93. The first-order chi connectivity index (χ1) is 10.2. The summed E-state index contributed by atoms with van der Waals surface area (Å²) in [6.45, 7) is 1.94. The second kappa shape index (κ2) is 5.22. The summed E-state index contributed by atoms with van der Waals surface area (Å²) in [5.41, 5.74) is 2.94. The maximum Gasteiger partial charge on any atom is 0.188 e. The van der Waals surface area contributed by atoms with E-state index in [-0.39, 0.29) is 5.78 Å². The van der Waals surface area contributed by atoms with Gasteiger partial charge < -0.3 is 0 Å². The summed E-state index contributed by atoms with van der Waals surface area (Å²) in [6, 6.07) is 15.1. The normalized spacial score (nSPS) is 12.0. The van der Waals surface area contributed by atoms with Gasteiger partial charge in [-0.2, -0.15) is 10.4 Å². The molecule has 4 nitrogen and oxygen atoms in total. The van der Waals surface area contributed by atoms with Crippen LogP contribution in [0.15, 0.2) is 54.9 Å². The molecule has 0 amide bonds. The summed E-state index contributed by atoms with van der Waals surface area (Å²) in [5, 5.41) is 13.6. The maximum atomic E-state index is 12.7. The molecule has 102 valence electrons. The van der Waals surface area contributed by atoms with Crippen molar-refractivity contribution in [1.82, 2.24) is 9.61 Å². The molecule has 1 atom stereocenters. The van der Waals surface area contributed by atoms with Crippen LogP contribution in [-0.4, -0.2) is 15.4 Å². The number of aromatic nitrogens is 2. The summed E-state index contributed by atoms with van der Waals surface area (Å²) in [7, 11) is 0. The third kappa shape index (κ3) is 2.30. The SMILES string of the molecule is Cc1cccc(C(C#N)C(=O)c2cnn3ccccc23)c1. The quantitative estimate of drug-likeness (QED) is 0.690. The third-order valence-corrected chi connectivity index (χ3v) is 3.46. The molecule has 0 fully saturated rings. The lowest BCUT2D eigenvalue weighted by molar-refractivity contribution is 0.0980. The van der Waals surface area contributed by atoms with E-state index in [0.717, 1.165) is 16.6 Å². The Balaban J connectivity index is 2.06. The van der Waals surface area contributed by atoms with Crippen LogP contribution in [0.5, 0.6) is 0 Å². The fraction of sp³-hybridized carbons (Fsp3) is 0.118. The third-order valence-electron chi connectivity index (χ3n) is 3.46. The van der Waals surface area contributed by atoms with Gasteiger partial charge in [0.15, 0.2) is 5.78 Å². The first kappa shape index (κ1) is 13.1. The highest BCUT2D eigenvalue weighted by Crippen LogP contribution is 2.23. The molecule has 1 aromatic carbocycles. The molecule has 2 heterocycles. The summed E-state index contributed by atoms with van der Waals surface area (Å²) >= 11 is 0. The van der Waals surface area contributed by atoms with Crippen LogP contribution in [0, 0.1) is 18.3 Å². The van der Waals surface area contributed by atoms with Gasteiger partial charge in [0.2, 0.25) is 0 Å². The summed E-state index contributed by atoms with van der Waals surface area (Å²) in [4.78, 5) is 12.7. The molecule has 21 heavy (non-hydrogen) atoms. The minimum Gasteiger partial charge on any atom is -0.292 e. The van der Waals surface area contributed by atoms with E-state index in [1.54, 1.807) is 10.7 Å². The van der Waals surface area contributed by atoms with Crippen molar-refractivity contribution in [2.75, 3.05) is 0 Å². The average Bonchev–Trinajstić information content (AvgIpc) is 2.92. The van der Waals surface area contributed by atoms with Gasteiger partial charge in [0.05, 0.1) is 23.3 Å². The fourth-order valence-electron chi connectivity index (χ4n) is 2.41. The lowest BCUT2D eigenvalue weighted by atomic mass is 9.91. The summed E-state index contributed by atoms with van der Waals surface area (Å²) in [5.74, 6) is -1.03. The molecule has 0 aliphatic heterocycles. The number of nitriles is 1. The average molecular weight is 275 g/mol. The summed E-state index contributed by atoms with van der Waals surface area (Å²) in [6.07, 6.45) is 3.30. The van der Waals surface area contributed by atoms with E-state index in [2.05, 4.69) is 11.2 Å². The van der Waals surface area contributed by atoms with Gasteiger partial charge in [0.1, 0.15) is 5.92 Å². The Morgan fingerprint density at radius 1 is 1.29 bits per heavy atom. The smallest absolute Gasteiger partial charge is 0.188 e. The van der Waals surface area contributed by atoms with Gasteiger partial charge in [-0.3, -0.25) is 4.79 Å². The Labute approximate surface area is 122 Å². The number of ketones is 1. The highest BCUT2D eigenvalue weighted by Gasteiger charge is 2.24. The van der Waals surface area contributed by atoms with Crippen molar-refractivity contribution < 1.29 is 4.79 Å². The van der Waals surface area contributed by atoms with Crippen molar-refractivity contribution in [2.24, 2.45) is 0 Å². The predicted molar refractivity (Wildman–Crippen MR) is 79.1 cm³/mol. The largest absolute Gasteiger partial charge is 0.292 e. The molecule has 0 aliphatic rings. The number of carbonyl (C=O) groups is 1. The molecule has 0 radical (unpaired) electrons. The van der Waals surface area contributed by atoms with Gasteiger partial charge >= 0.3 is 0 Å². The van der Waals surface area contributed by atoms with Crippen LogP contribution in [0.2, 0.25) is 0 Å². The van der Waals surface area contributed by atoms with E-state index < -0.39 is 5.92 Å². The van der Waals surface area contributed by atoms with Crippen molar-refractivity contribution in [2.45, 2.75) is 12.8 Å². The van der Waals surface area contributed by atoms with E-state index in [4.69, 9.17) is 0 Å². The van der Waals surface area contributed by atoms with Crippen LogP contribution >= 0.6 is 0 Å². The minimum absolute atomic E-state index is 0.218. The fourth-order valence-corrected chi connectivity index (χ4v) is 2.41. The highest BCUT2D eigenvalue weighted by molar-refractivity contribution is 6.07. The van der Waals surface area contributed by atoms with E-state index in [9.17, 15) is 10.1 Å². The van der Waals surface area contributed by atoms with Gasteiger partial charge in [-0.15, -0.1) is 0 Å². The van der Waals surface area contributed by atoms with E-state index in [1.807, 2.05) is 49.4 Å². The lowest BCUT2D eigenvalue weighted by Crippen LogP contribution is -2.11. The number of Topliss-reactive ketones (excluding diaryl/α,β-unsaturated/α-hetero) is 1. The maximum absolute atomic E-state index is 12.7. The van der Waals surface area contributed by atoms with Crippen LogP contribution in [0.1, 0.15) is 27.4 Å². The number of aryl methyl sites for hydroxylation is 1. The molecular weight excluding hydrogens is 262 g/mol.